The Labute approximate surface area is 163 Å². The second-order valence-electron chi connectivity index (χ2n) is 7.35. The van der Waals surface area contributed by atoms with E-state index in [-0.39, 0.29) is 0 Å². The molecule has 6 heteroatoms. The van der Waals surface area contributed by atoms with E-state index in [4.69, 9.17) is 0 Å². The highest BCUT2D eigenvalue weighted by atomic mass is 32.2. The molecule has 0 bridgehead atoms. The van der Waals surface area contributed by atoms with E-state index in [1.807, 2.05) is 19.9 Å². The summed E-state index contributed by atoms with van der Waals surface area (Å²) in [5, 5.41) is 0. The van der Waals surface area contributed by atoms with Crippen molar-refractivity contribution in [2.75, 3.05) is 44.7 Å². The number of hydrogen-bond acceptors (Lipinski definition) is 4. The summed E-state index contributed by atoms with van der Waals surface area (Å²) in [7, 11) is -1.31. The van der Waals surface area contributed by atoms with Crippen molar-refractivity contribution in [2.24, 2.45) is 0 Å². The van der Waals surface area contributed by atoms with Gasteiger partial charge >= 0.3 is 0 Å². The van der Waals surface area contributed by atoms with E-state index in [1.54, 1.807) is 12.1 Å². The molecule has 1 aliphatic rings. The Balaban J connectivity index is 1.54. The molecule has 5 nitrogen and oxygen atoms in total. The normalized spacial score (nSPS) is 15.9. The van der Waals surface area contributed by atoms with Gasteiger partial charge in [-0.1, -0.05) is 18.2 Å². The molecule has 1 N–H and O–H groups in total. The first-order chi connectivity index (χ1) is 12.8. The maximum absolute atomic E-state index is 12.5. The molecule has 3 rings (SSSR count). The minimum atomic E-state index is -3.46. The summed E-state index contributed by atoms with van der Waals surface area (Å²) < 4.78 is 27.6. The third kappa shape index (κ3) is 5.09. The smallest absolute Gasteiger partial charge is 0.240 e. The van der Waals surface area contributed by atoms with Gasteiger partial charge in [-0.05, 0) is 68.3 Å². The lowest BCUT2D eigenvalue weighted by molar-refractivity contribution is 0.313. The number of aryl methyl sites for hydroxylation is 2. The van der Waals surface area contributed by atoms with Crippen molar-refractivity contribution in [1.29, 1.82) is 0 Å². The van der Waals surface area contributed by atoms with Crippen LogP contribution in [-0.4, -0.2) is 53.1 Å². The molecule has 1 saturated heterocycles. The predicted molar refractivity (Wildman–Crippen MR) is 111 cm³/mol. The molecule has 0 amide bonds. The molecule has 2 aromatic carbocycles. The zero-order valence-electron chi connectivity index (χ0n) is 16.4. The fraction of sp³-hybridized carbons (Fsp3) is 0.429. The first-order valence-corrected chi connectivity index (χ1v) is 10.9. The Hall–Kier alpha value is -1.89. The van der Waals surface area contributed by atoms with Gasteiger partial charge in [0.1, 0.15) is 0 Å². The zero-order chi connectivity index (χ0) is 19.4. The van der Waals surface area contributed by atoms with Gasteiger partial charge in [0.25, 0.3) is 0 Å². The topological polar surface area (TPSA) is 52.7 Å². The number of hydrogen-bond donors (Lipinski definition) is 1. The van der Waals surface area contributed by atoms with E-state index in [2.05, 4.69) is 45.8 Å². The SMILES string of the molecule is Cc1ccc(S(=O)(=O)NCCc2ccc(N3CCN(C)CC3)cc2)cc1C. The number of nitrogens with one attached hydrogen (secondary N) is 1. The van der Waals surface area contributed by atoms with Gasteiger partial charge in [0.15, 0.2) is 0 Å². The molecule has 0 saturated carbocycles. The molecule has 0 unspecified atom stereocenters. The molecular weight excluding hydrogens is 358 g/mol. The molecular formula is C21H29N3O2S. The highest BCUT2D eigenvalue weighted by molar-refractivity contribution is 7.89. The summed E-state index contributed by atoms with van der Waals surface area (Å²) in [5.74, 6) is 0. The summed E-state index contributed by atoms with van der Waals surface area (Å²) in [6, 6.07) is 13.7. The molecule has 146 valence electrons. The lowest BCUT2D eigenvalue weighted by atomic mass is 10.1. The standard InChI is InChI=1S/C21H29N3O2S/c1-17-4-9-21(16-18(17)2)27(25,26)22-11-10-19-5-7-20(8-6-19)24-14-12-23(3)13-15-24/h4-9,16,22H,10-15H2,1-3H3. The molecule has 0 spiro atoms. The average Bonchev–Trinajstić information content (AvgIpc) is 2.65. The maximum Gasteiger partial charge on any atom is 0.240 e. The summed E-state index contributed by atoms with van der Waals surface area (Å²) in [5.41, 5.74) is 4.45. The molecule has 1 heterocycles. The highest BCUT2D eigenvalue weighted by Crippen LogP contribution is 2.18. The molecule has 0 aliphatic carbocycles. The molecule has 0 radical (unpaired) electrons. The lowest BCUT2D eigenvalue weighted by Gasteiger charge is -2.34. The van der Waals surface area contributed by atoms with Gasteiger partial charge in [-0.25, -0.2) is 13.1 Å². The minimum absolute atomic E-state index is 0.330. The number of rotatable bonds is 6. The molecule has 1 aliphatic heterocycles. The molecule has 27 heavy (non-hydrogen) atoms. The van der Waals surface area contributed by atoms with Crippen LogP contribution in [0, 0.1) is 13.8 Å². The van der Waals surface area contributed by atoms with Crippen LogP contribution in [0.4, 0.5) is 5.69 Å². The van der Waals surface area contributed by atoms with E-state index in [9.17, 15) is 8.42 Å². The zero-order valence-corrected chi connectivity index (χ0v) is 17.2. The van der Waals surface area contributed by atoms with Crippen LogP contribution < -0.4 is 9.62 Å². The van der Waals surface area contributed by atoms with Gasteiger partial charge in [-0.2, -0.15) is 0 Å². The number of anilines is 1. The third-order valence-electron chi connectivity index (χ3n) is 5.30. The molecule has 1 fully saturated rings. The summed E-state index contributed by atoms with van der Waals surface area (Å²) in [6.07, 6.45) is 0.674. The number of piperazine rings is 1. The molecule has 2 aromatic rings. The van der Waals surface area contributed by atoms with Gasteiger partial charge in [0, 0.05) is 38.4 Å². The largest absolute Gasteiger partial charge is 0.369 e. The summed E-state index contributed by atoms with van der Waals surface area (Å²) in [6.45, 7) is 8.56. The van der Waals surface area contributed by atoms with E-state index < -0.39 is 10.0 Å². The van der Waals surface area contributed by atoms with Crippen molar-refractivity contribution >= 4 is 15.7 Å². The van der Waals surface area contributed by atoms with Gasteiger partial charge in [-0.15, -0.1) is 0 Å². The first-order valence-electron chi connectivity index (χ1n) is 9.44. The Bertz CT molecular complexity index is 871. The fourth-order valence-corrected chi connectivity index (χ4v) is 4.35. The molecule has 0 aromatic heterocycles. The minimum Gasteiger partial charge on any atom is -0.369 e. The predicted octanol–water partition coefficient (Wildman–Crippen LogP) is 2.58. The monoisotopic (exact) mass is 387 g/mol. The van der Waals surface area contributed by atoms with E-state index >= 15 is 0 Å². The van der Waals surface area contributed by atoms with Crippen LogP contribution in [0.3, 0.4) is 0 Å². The van der Waals surface area contributed by atoms with Gasteiger partial charge in [-0.3, -0.25) is 0 Å². The van der Waals surface area contributed by atoms with Crippen molar-refractivity contribution in [3.8, 4) is 0 Å². The van der Waals surface area contributed by atoms with Crippen LogP contribution in [-0.2, 0) is 16.4 Å². The first kappa shape index (κ1) is 19.9. The van der Waals surface area contributed by atoms with Gasteiger partial charge < -0.3 is 9.80 Å². The summed E-state index contributed by atoms with van der Waals surface area (Å²) in [4.78, 5) is 5.06. The second kappa shape index (κ2) is 8.42. The van der Waals surface area contributed by atoms with Gasteiger partial charge in [0.05, 0.1) is 4.90 Å². The number of benzene rings is 2. The van der Waals surface area contributed by atoms with E-state index in [1.165, 1.54) is 5.69 Å². The number of likely N-dealkylation sites (N-methyl/N-ethyl adjacent to an activating group) is 1. The fourth-order valence-electron chi connectivity index (χ4n) is 3.23. The lowest BCUT2D eigenvalue weighted by Crippen LogP contribution is -2.44. The van der Waals surface area contributed by atoms with Gasteiger partial charge in [0.2, 0.25) is 10.0 Å². The third-order valence-corrected chi connectivity index (χ3v) is 6.76. The van der Waals surface area contributed by atoms with Crippen molar-refractivity contribution < 1.29 is 8.42 Å². The van der Waals surface area contributed by atoms with E-state index in [0.29, 0.717) is 17.9 Å². The van der Waals surface area contributed by atoms with E-state index in [0.717, 1.165) is 42.9 Å². The highest BCUT2D eigenvalue weighted by Gasteiger charge is 2.15. The van der Waals surface area contributed by atoms with Crippen molar-refractivity contribution in [3.05, 3.63) is 59.2 Å². The summed E-state index contributed by atoms with van der Waals surface area (Å²) >= 11 is 0. The van der Waals surface area contributed by atoms with Crippen LogP contribution in [0.25, 0.3) is 0 Å². The number of nitrogens with zero attached hydrogens (tertiary/aromatic N) is 2. The quantitative estimate of drug-likeness (QED) is 0.828. The van der Waals surface area contributed by atoms with Crippen molar-refractivity contribution in [3.63, 3.8) is 0 Å². The van der Waals surface area contributed by atoms with Crippen LogP contribution in [0.15, 0.2) is 47.4 Å². The Kier molecular flexibility index (Phi) is 6.19. The van der Waals surface area contributed by atoms with Crippen LogP contribution in [0.1, 0.15) is 16.7 Å². The van der Waals surface area contributed by atoms with Crippen molar-refractivity contribution in [2.45, 2.75) is 25.2 Å². The maximum atomic E-state index is 12.5. The van der Waals surface area contributed by atoms with Crippen LogP contribution >= 0.6 is 0 Å². The Morgan fingerprint density at radius 3 is 2.22 bits per heavy atom. The molecule has 0 atom stereocenters. The van der Waals surface area contributed by atoms with Crippen LogP contribution in [0.2, 0.25) is 0 Å². The Morgan fingerprint density at radius 1 is 0.926 bits per heavy atom. The average molecular weight is 388 g/mol. The van der Waals surface area contributed by atoms with Crippen molar-refractivity contribution in [1.82, 2.24) is 9.62 Å². The van der Waals surface area contributed by atoms with Crippen LogP contribution in [0.5, 0.6) is 0 Å². The number of sulfonamides is 1. The Morgan fingerprint density at radius 2 is 1.59 bits per heavy atom. The second-order valence-corrected chi connectivity index (χ2v) is 9.12.